The predicted octanol–water partition coefficient (Wildman–Crippen LogP) is 4.80. The van der Waals surface area contributed by atoms with Crippen LogP contribution in [0.3, 0.4) is 0 Å². The van der Waals surface area contributed by atoms with Gasteiger partial charge in [-0.15, -0.1) is 0 Å². The standard InChI is InChI=1S/C14H8ClIN2O2/c15-9-1-6-12-13(7-9)17-8-14(18-12)19-10-2-4-11(20-16)5-3-10/h1-8H. The largest absolute Gasteiger partial charge is 0.437 e. The molecule has 0 saturated carbocycles. The molecule has 0 aliphatic heterocycles. The first kappa shape index (κ1) is 13.4. The summed E-state index contributed by atoms with van der Waals surface area (Å²) in [5, 5.41) is 0.634. The Morgan fingerprint density at radius 1 is 0.950 bits per heavy atom. The summed E-state index contributed by atoms with van der Waals surface area (Å²) in [5.41, 5.74) is 1.47. The SMILES string of the molecule is Clc1ccc2nc(Oc3ccc(OI)cc3)cnc2c1. The minimum Gasteiger partial charge on any atom is -0.437 e. The zero-order valence-electron chi connectivity index (χ0n) is 10.1. The van der Waals surface area contributed by atoms with Crippen LogP contribution in [0.5, 0.6) is 17.4 Å². The molecule has 0 bridgehead atoms. The fourth-order valence-electron chi connectivity index (χ4n) is 1.70. The molecule has 6 heteroatoms. The summed E-state index contributed by atoms with van der Waals surface area (Å²) in [4.78, 5) is 8.65. The molecule has 0 atom stereocenters. The van der Waals surface area contributed by atoms with Crippen molar-refractivity contribution in [1.29, 1.82) is 0 Å². The lowest BCUT2D eigenvalue weighted by Crippen LogP contribution is -1.90. The molecule has 0 unspecified atom stereocenters. The monoisotopic (exact) mass is 398 g/mol. The lowest BCUT2D eigenvalue weighted by Gasteiger charge is -2.06. The van der Waals surface area contributed by atoms with E-state index in [1.165, 1.54) is 0 Å². The average molecular weight is 399 g/mol. The number of hydrogen-bond donors (Lipinski definition) is 0. The summed E-state index contributed by atoms with van der Waals surface area (Å²) in [6.07, 6.45) is 1.57. The molecule has 0 spiro atoms. The summed E-state index contributed by atoms with van der Waals surface area (Å²) < 4.78 is 10.7. The molecule has 0 N–H and O–H groups in total. The van der Waals surface area contributed by atoms with Crippen LogP contribution in [0.25, 0.3) is 11.0 Å². The van der Waals surface area contributed by atoms with Crippen LogP contribution < -0.4 is 7.80 Å². The molecule has 0 aliphatic rings. The van der Waals surface area contributed by atoms with Crippen LogP contribution in [0.1, 0.15) is 0 Å². The van der Waals surface area contributed by atoms with E-state index in [9.17, 15) is 0 Å². The topological polar surface area (TPSA) is 44.2 Å². The lowest BCUT2D eigenvalue weighted by molar-refractivity contribution is 0.462. The van der Waals surface area contributed by atoms with Gasteiger partial charge in [-0.3, -0.25) is 0 Å². The highest BCUT2D eigenvalue weighted by Gasteiger charge is 2.03. The summed E-state index contributed by atoms with van der Waals surface area (Å²) in [6.45, 7) is 0. The zero-order valence-corrected chi connectivity index (χ0v) is 13.0. The maximum atomic E-state index is 5.91. The van der Waals surface area contributed by atoms with Gasteiger partial charge in [-0.05, 0) is 42.5 Å². The van der Waals surface area contributed by atoms with E-state index in [0.29, 0.717) is 16.7 Å². The Kier molecular flexibility index (Phi) is 3.88. The van der Waals surface area contributed by atoms with Crippen molar-refractivity contribution < 1.29 is 7.80 Å². The third-order valence-electron chi connectivity index (χ3n) is 2.62. The number of rotatable bonds is 3. The van der Waals surface area contributed by atoms with Gasteiger partial charge in [0.25, 0.3) is 0 Å². The normalized spacial score (nSPS) is 10.5. The molecule has 0 aliphatic carbocycles. The second kappa shape index (κ2) is 5.80. The Morgan fingerprint density at radius 3 is 2.45 bits per heavy atom. The molecule has 20 heavy (non-hydrogen) atoms. The van der Waals surface area contributed by atoms with Crippen LogP contribution in [0, 0.1) is 0 Å². The predicted molar refractivity (Wildman–Crippen MR) is 85.7 cm³/mol. The van der Waals surface area contributed by atoms with Crippen molar-refractivity contribution in [2.75, 3.05) is 0 Å². The van der Waals surface area contributed by atoms with Gasteiger partial charge in [0.1, 0.15) is 11.5 Å². The highest BCUT2D eigenvalue weighted by atomic mass is 127. The zero-order chi connectivity index (χ0) is 13.9. The van der Waals surface area contributed by atoms with Crippen LogP contribution in [-0.2, 0) is 0 Å². The molecule has 3 aromatic rings. The second-order valence-electron chi connectivity index (χ2n) is 3.99. The Hall–Kier alpha value is -1.60. The van der Waals surface area contributed by atoms with E-state index in [-0.39, 0.29) is 0 Å². The second-order valence-corrected chi connectivity index (χ2v) is 4.87. The van der Waals surface area contributed by atoms with Gasteiger partial charge in [0, 0.05) is 5.02 Å². The first-order chi connectivity index (χ1) is 9.74. The van der Waals surface area contributed by atoms with E-state index in [2.05, 4.69) is 9.97 Å². The first-order valence-corrected chi connectivity index (χ1v) is 6.99. The number of halogens is 2. The third-order valence-corrected chi connectivity index (χ3v) is 3.36. The van der Waals surface area contributed by atoms with E-state index < -0.39 is 0 Å². The lowest BCUT2D eigenvalue weighted by atomic mass is 10.3. The van der Waals surface area contributed by atoms with Crippen LogP contribution in [0.4, 0.5) is 0 Å². The molecule has 2 aromatic carbocycles. The number of aromatic nitrogens is 2. The maximum absolute atomic E-state index is 5.91. The average Bonchev–Trinajstić information content (AvgIpc) is 2.48. The Balaban J connectivity index is 1.88. The molecule has 1 aromatic heterocycles. The van der Waals surface area contributed by atoms with Gasteiger partial charge < -0.3 is 7.80 Å². The molecular weight excluding hydrogens is 391 g/mol. The molecule has 1 heterocycles. The van der Waals surface area contributed by atoms with Gasteiger partial charge in [-0.25, -0.2) is 9.97 Å². The summed E-state index contributed by atoms with van der Waals surface area (Å²) >= 11 is 7.73. The summed E-state index contributed by atoms with van der Waals surface area (Å²) in [6, 6.07) is 12.6. The van der Waals surface area contributed by atoms with Gasteiger partial charge in [-0.2, -0.15) is 0 Å². The van der Waals surface area contributed by atoms with E-state index in [1.54, 1.807) is 18.3 Å². The quantitative estimate of drug-likeness (QED) is 0.594. The van der Waals surface area contributed by atoms with Crippen LogP contribution in [-0.4, -0.2) is 9.97 Å². The molecule has 0 saturated heterocycles. The molecule has 3 rings (SSSR count). The van der Waals surface area contributed by atoms with Crippen LogP contribution in [0.15, 0.2) is 48.7 Å². The smallest absolute Gasteiger partial charge is 0.238 e. The van der Waals surface area contributed by atoms with Crippen molar-refractivity contribution in [3.8, 4) is 17.4 Å². The van der Waals surface area contributed by atoms with Gasteiger partial charge >= 0.3 is 0 Å². The van der Waals surface area contributed by atoms with E-state index in [0.717, 1.165) is 16.8 Å². The minimum atomic E-state index is 0.433. The third kappa shape index (κ3) is 2.94. The van der Waals surface area contributed by atoms with Gasteiger partial charge in [0.05, 0.1) is 17.2 Å². The van der Waals surface area contributed by atoms with Crippen molar-refractivity contribution in [2.45, 2.75) is 0 Å². The van der Waals surface area contributed by atoms with Crippen molar-refractivity contribution in [3.63, 3.8) is 0 Å². The molecule has 0 radical (unpaired) electrons. The van der Waals surface area contributed by atoms with Crippen LogP contribution in [0.2, 0.25) is 5.02 Å². The Morgan fingerprint density at radius 2 is 1.70 bits per heavy atom. The maximum Gasteiger partial charge on any atom is 0.238 e. The molecule has 0 fully saturated rings. The van der Waals surface area contributed by atoms with Crippen molar-refractivity contribution in [3.05, 3.63) is 53.7 Å². The van der Waals surface area contributed by atoms with Crippen molar-refractivity contribution in [1.82, 2.24) is 9.97 Å². The van der Waals surface area contributed by atoms with Crippen LogP contribution >= 0.6 is 34.6 Å². The molecule has 0 amide bonds. The van der Waals surface area contributed by atoms with Gasteiger partial charge in [0.15, 0.2) is 23.0 Å². The summed E-state index contributed by atoms with van der Waals surface area (Å²) in [7, 11) is 0. The number of hydrogen-bond acceptors (Lipinski definition) is 4. The highest BCUT2D eigenvalue weighted by molar-refractivity contribution is 14.1. The van der Waals surface area contributed by atoms with Crippen molar-refractivity contribution in [2.24, 2.45) is 0 Å². The molecular formula is C14H8ClIN2O2. The summed E-state index contributed by atoms with van der Waals surface area (Å²) in [5.74, 6) is 1.87. The van der Waals surface area contributed by atoms with Gasteiger partial charge in [-0.1, -0.05) is 11.6 Å². The van der Waals surface area contributed by atoms with E-state index in [1.807, 2.05) is 53.3 Å². The number of ether oxygens (including phenoxy) is 1. The number of benzene rings is 2. The first-order valence-electron chi connectivity index (χ1n) is 5.73. The van der Waals surface area contributed by atoms with Gasteiger partial charge in [0.2, 0.25) is 5.88 Å². The minimum absolute atomic E-state index is 0.433. The van der Waals surface area contributed by atoms with E-state index >= 15 is 0 Å². The molecule has 4 nitrogen and oxygen atoms in total. The highest BCUT2D eigenvalue weighted by Crippen LogP contribution is 2.24. The Labute approximate surface area is 134 Å². The number of fused-ring (bicyclic) bond motifs is 1. The fourth-order valence-corrected chi connectivity index (χ4v) is 2.16. The fraction of sp³-hybridized carbons (Fsp3) is 0. The number of nitrogens with zero attached hydrogens (tertiary/aromatic N) is 2. The van der Waals surface area contributed by atoms with Crippen molar-refractivity contribution >= 4 is 45.6 Å². The Bertz CT molecular complexity index is 750. The molecule has 100 valence electrons. The van der Waals surface area contributed by atoms with E-state index in [4.69, 9.17) is 19.4 Å².